The maximum absolute atomic E-state index is 12.6. The van der Waals surface area contributed by atoms with Crippen molar-refractivity contribution in [3.63, 3.8) is 0 Å². The highest BCUT2D eigenvalue weighted by molar-refractivity contribution is 6.36. The first-order valence-corrected chi connectivity index (χ1v) is 9.69. The smallest absolute Gasteiger partial charge is 0.323 e. The molecule has 3 amide bonds. The molecule has 9 heteroatoms. The fourth-order valence-electron chi connectivity index (χ4n) is 2.57. The Labute approximate surface area is 180 Å². The van der Waals surface area contributed by atoms with E-state index in [1.54, 1.807) is 37.4 Å². The number of amides is 3. The Balaban J connectivity index is 2.12. The lowest BCUT2D eigenvalue weighted by Gasteiger charge is -2.18. The van der Waals surface area contributed by atoms with Crippen molar-refractivity contribution >= 4 is 52.2 Å². The van der Waals surface area contributed by atoms with Crippen LogP contribution in [0.2, 0.25) is 10.0 Å². The minimum absolute atomic E-state index is 0.227. The molecule has 0 unspecified atom stereocenters. The van der Waals surface area contributed by atoms with Gasteiger partial charge in [0, 0.05) is 50.8 Å². The number of methoxy groups -OCH3 is 1. The van der Waals surface area contributed by atoms with E-state index >= 15 is 0 Å². The van der Waals surface area contributed by atoms with E-state index in [0.29, 0.717) is 46.6 Å². The minimum Gasteiger partial charge on any atom is -0.385 e. The third kappa shape index (κ3) is 6.81. The van der Waals surface area contributed by atoms with Crippen molar-refractivity contribution in [2.24, 2.45) is 0 Å². The number of urea groups is 1. The number of benzene rings is 2. The summed E-state index contributed by atoms with van der Waals surface area (Å²) in [7, 11) is 5.31. The van der Waals surface area contributed by atoms with Crippen LogP contribution in [0.4, 0.5) is 21.9 Å². The molecular formula is C20H24Cl2N4O3. The molecule has 3 N–H and O–H groups in total. The highest BCUT2D eigenvalue weighted by atomic mass is 35.5. The number of rotatable bonds is 8. The molecule has 0 aliphatic heterocycles. The third-order valence-electron chi connectivity index (χ3n) is 3.97. The normalized spacial score (nSPS) is 10.4. The van der Waals surface area contributed by atoms with Crippen LogP contribution in [-0.2, 0) is 4.74 Å². The van der Waals surface area contributed by atoms with Gasteiger partial charge in [-0.25, -0.2) is 4.79 Å². The average molecular weight is 439 g/mol. The zero-order valence-corrected chi connectivity index (χ0v) is 18.0. The first kappa shape index (κ1) is 22.8. The van der Waals surface area contributed by atoms with Crippen LogP contribution in [0.15, 0.2) is 36.4 Å². The second kappa shape index (κ2) is 10.9. The molecule has 0 aliphatic rings. The lowest BCUT2D eigenvalue weighted by atomic mass is 10.1. The van der Waals surface area contributed by atoms with Crippen LogP contribution in [0.1, 0.15) is 16.8 Å². The maximum atomic E-state index is 12.6. The van der Waals surface area contributed by atoms with Crippen molar-refractivity contribution in [2.75, 3.05) is 49.9 Å². The monoisotopic (exact) mass is 438 g/mol. The highest BCUT2D eigenvalue weighted by Crippen LogP contribution is 2.26. The summed E-state index contributed by atoms with van der Waals surface area (Å²) in [6.45, 7) is 1.06. The van der Waals surface area contributed by atoms with E-state index in [2.05, 4.69) is 16.0 Å². The summed E-state index contributed by atoms with van der Waals surface area (Å²) in [4.78, 5) is 26.8. The first-order chi connectivity index (χ1) is 13.8. The van der Waals surface area contributed by atoms with Crippen LogP contribution in [0.5, 0.6) is 0 Å². The summed E-state index contributed by atoms with van der Waals surface area (Å²) in [6.07, 6.45) is 0.710. The number of nitrogens with one attached hydrogen (secondary N) is 3. The molecule has 2 rings (SSSR count). The van der Waals surface area contributed by atoms with E-state index in [9.17, 15) is 9.59 Å². The number of halogens is 2. The number of carbonyl (C=O) groups excluding carboxylic acids is 2. The Morgan fingerprint density at radius 1 is 1.07 bits per heavy atom. The number of carbonyl (C=O) groups is 2. The second-order valence-electron chi connectivity index (χ2n) is 6.43. The van der Waals surface area contributed by atoms with Gasteiger partial charge in [0.05, 0.1) is 16.3 Å². The fourth-order valence-corrected chi connectivity index (χ4v) is 3.03. The van der Waals surface area contributed by atoms with Crippen molar-refractivity contribution in [1.29, 1.82) is 0 Å². The van der Waals surface area contributed by atoms with Crippen LogP contribution in [0.25, 0.3) is 0 Å². The predicted octanol–water partition coefficient (Wildman–Crippen LogP) is 4.47. The molecule has 0 heterocycles. The molecule has 0 aliphatic carbocycles. The fraction of sp³-hybridized carbons (Fsp3) is 0.300. The van der Waals surface area contributed by atoms with Gasteiger partial charge in [0.2, 0.25) is 0 Å². The summed E-state index contributed by atoms with van der Waals surface area (Å²) in [6, 6.07) is 9.41. The number of hydrogen-bond acceptors (Lipinski definition) is 4. The quantitative estimate of drug-likeness (QED) is 0.530. The molecule has 0 radical (unpaired) electrons. The van der Waals surface area contributed by atoms with Gasteiger partial charge in [0.15, 0.2) is 0 Å². The molecule has 2 aromatic rings. The van der Waals surface area contributed by atoms with Crippen LogP contribution in [0, 0.1) is 0 Å². The van der Waals surface area contributed by atoms with Crippen molar-refractivity contribution < 1.29 is 14.3 Å². The van der Waals surface area contributed by atoms with E-state index in [1.807, 2.05) is 19.0 Å². The van der Waals surface area contributed by atoms with Crippen LogP contribution >= 0.6 is 23.2 Å². The van der Waals surface area contributed by atoms with E-state index < -0.39 is 6.03 Å². The topological polar surface area (TPSA) is 82.7 Å². The van der Waals surface area contributed by atoms with E-state index in [4.69, 9.17) is 27.9 Å². The van der Waals surface area contributed by atoms with Gasteiger partial charge in [0.25, 0.3) is 5.91 Å². The predicted molar refractivity (Wildman–Crippen MR) is 119 cm³/mol. The molecular weight excluding hydrogens is 415 g/mol. The van der Waals surface area contributed by atoms with Gasteiger partial charge >= 0.3 is 6.03 Å². The van der Waals surface area contributed by atoms with Crippen molar-refractivity contribution in [3.05, 3.63) is 52.0 Å². The van der Waals surface area contributed by atoms with E-state index in [-0.39, 0.29) is 5.91 Å². The zero-order chi connectivity index (χ0) is 21.4. The lowest BCUT2D eigenvalue weighted by Crippen LogP contribution is -2.27. The Morgan fingerprint density at radius 3 is 2.48 bits per heavy atom. The summed E-state index contributed by atoms with van der Waals surface area (Å²) >= 11 is 11.9. The van der Waals surface area contributed by atoms with Gasteiger partial charge in [0.1, 0.15) is 0 Å². The molecule has 0 aromatic heterocycles. The molecule has 0 bridgehead atoms. The van der Waals surface area contributed by atoms with Gasteiger partial charge in [-0.05, 0) is 42.8 Å². The van der Waals surface area contributed by atoms with Crippen LogP contribution < -0.4 is 20.9 Å². The number of ether oxygens (including phenoxy) is 1. The standard InChI is InChI=1S/C20H24Cl2N4O3/c1-26(2)18-8-6-14(12-15(18)19(27)23-9-4-10-29-3)24-20(28)25-17-7-5-13(21)11-16(17)22/h5-8,11-12H,4,9-10H2,1-3H3,(H,23,27)(H2,24,25,28). The SMILES string of the molecule is COCCCNC(=O)c1cc(NC(=O)Nc2ccc(Cl)cc2Cl)ccc1N(C)C. The van der Waals surface area contributed by atoms with E-state index in [0.717, 1.165) is 5.69 Å². The summed E-state index contributed by atoms with van der Waals surface area (Å²) in [5, 5.41) is 9.02. The van der Waals surface area contributed by atoms with Gasteiger partial charge in [-0.3, -0.25) is 4.79 Å². The Hall–Kier alpha value is -2.48. The molecule has 7 nitrogen and oxygen atoms in total. The number of hydrogen-bond donors (Lipinski definition) is 3. The Bertz CT molecular complexity index is 875. The number of nitrogens with zero attached hydrogens (tertiary/aromatic N) is 1. The third-order valence-corrected chi connectivity index (χ3v) is 4.52. The molecule has 29 heavy (non-hydrogen) atoms. The lowest BCUT2D eigenvalue weighted by molar-refractivity contribution is 0.0949. The van der Waals surface area contributed by atoms with Crippen molar-refractivity contribution in [1.82, 2.24) is 5.32 Å². The van der Waals surface area contributed by atoms with Gasteiger partial charge < -0.3 is 25.6 Å². The van der Waals surface area contributed by atoms with Gasteiger partial charge in [-0.15, -0.1) is 0 Å². The summed E-state index contributed by atoms with van der Waals surface area (Å²) in [5.74, 6) is -0.227. The summed E-state index contributed by atoms with van der Waals surface area (Å²) < 4.78 is 4.99. The summed E-state index contributed by atoms with van der Waals surface area (Å²) in [5.41, 5.74) is 2.09. The molecule has 2 aromatic carbocycles. The van der Waals surface area contributed by atoms with Crippen LogP contribution in [0.3, 0.4) is 0 Å². The molecule has 0 saturated heterocycles. The largest absolute Gasteiger partial charge is 0.385 e. The number of anilines is 3. The molecule has 0 fully saturated rings. The molecule has 0 spiro atoms. The molecule has 0 saturated carbocycles. The Kier molecular flexibility index (Phi) is 8.57. The van der Waals surface area contributed by atoms with Crippen LogP contribution in [-0.4, -0.2) is 46.3 Å². The average Bonchev–Trinajstić information content (AvgIpc) is 2.67. The first-order valence-electron chi connectivity index (χ1n) is 8.93. The zero-order valence-electron chi connectivity index (χ0n) is 16.5. The molecule has 0 atom stereocenters. The van der Waals surface area contributed by atoms with E-state index in [1.165, 1.54) is 6.07 Å². The highest BCUT2D eigenvalue weighted by Gasteiger charge is 2.15. The second-order valence-corrected chi connectivity index (χ2v) is 7.28. The molecule has 156 valence electrons. The van der Waals surface area contributed by atoms with Gasteiger partial charge in [-0.2, -0.15) is 0 Å². The Morgan fingerprint density at radius 2 is 1.83 bits per heavy atom. The minimum atomic E-state index is -0.488. The maximum Gasteiger partial charge on any atom is 0.323 e. The van der Waals surface area contributed by atoms with Crippen molar-refractivity contribution in [2.45, 2.75) is 6.42 Å². The van der Waals surface area contributed by atoms with Crippen molar-refractivity contribution in [3.8, 4) is 0 Å². The van der Waals surface area contributed by atoms with Gasteiger partial charge in [-0.1, -0.05) is 23.2 Å².